The number of allylic oxidation sites excluding steroid dienone is 1. The zero-order valence-electron chi connectivity index (χ0n) is 20.8. The third kappa shape index (κ3) is 5.66. The molecular weight excluding hydrogens is 428 g/mol. The first kappa shape index (κ1) is 24.0. The van der Waals surface area contributed by atoms with Gasteiger partial charge in [0.15, 0.2) is 6.23 Å². The van der Waals surface area contributed by atoms with Gasteiger partial charge in [0.2, 0.25) is 0 Å². The van der Waals surface area contributed by atoms with Gasteiger partial charge in [-0.25, -0.2) is 4.79 Å². The van der Waals surface area contributed by atoms with E-state index in [2.05, 4.69) is 24.4 Å². The van der Waals surface area contributed by atoms with Crippen LogP contribution in [0.5, 0.6) is 5.75 Å². The maximum atomic E-state index is 12.6. The molecule has 2 aromatic carbocycles. The molecule has 0 aliphatic carbocycles. The maximum Gasteiger partial charge on any atom is 0.410 e. The molecule has 1 saturated heterocycles. The third-order valence-corrected chi connectivity index (χ3v) is 6.41. The van der Waals surface area contributed by atoms with E-state index < -0.39 is 5.60 Å². The molecule has 0 saturated carbocycles. The third-order valence-electron chi connectivity index (χ3n) is 6.41. The van der Waals surface area contributed by atoms with E-state index in [1.165, 1.54) is 5.56 Å². The van der Waals surface area contributed by atoms with Gasteiger partial charge >= 0.3 is 6.09 Å². The zero-order chi connectivity index (χ0) is 24.3. The van der Waals surface area contributed by atoms with Gasteiger partial charge in [-0.3, -0.25) is 0 Å². The van der Waals surface area contributed by atoms with Crippen molar-refractivity contribution in [1.29, 1.82) is 0 Å². The standard InChI is InChI=1S/C28H36N2O4/c1-6-20-16-30(27(31)34-28(3,4)5)17-24(20)22-13-10-14-23(15-22)32-18-25-19(2)33-26(29-25)21-11-8-7-9-12-21/h7-15,20,24,26,29H,6,16-18H2,1-5H3/t20-,24+,26?/m0/s1. The number of rotatable bonds is 6. The molecule has 0 bridgehead atoms. The lowest BCUT2D eigenvalue weighted by Crippen LogP contribution is -2.35. The van der Waals surface area contributed by atoms with Crippen LogP contribution in [0.15, 0.2) is 66.1 Å². The molecule has 6 nitrogen and oxygen atoms in total. The molecule has 2 aliphatic heterocycles. The van der Waals surface area contributed by atoms with Crippen molar-refractivity contribution in [2.24, 2.45) is 5.92 Å². The Labute approximate surface area is 202 Å². The highest BCUT2D eigenvalue weighted by Gasteiger charge is 2.37. The summed E-state index contributed by atoms with van der Waals surface area (Å²) in [5.41, 5.74) is 2.73. The van der Waals surface area contributed by atoms with Crippen molar-refractivity contribution < 1.29 is 19.0 Å². The zero-order valence-corrected chi connectivity index (χ0v) is 20.8. The Morgan fingerprint density at radius 3 is 2.53 bits per heavy atom. The molecule has 4 rings (SSSR count). The van der Waals surface area contributed by atoms with Crippen LogP contribution in [0.4, 0.5) is 4.79 Å². The highest BCUT2D eigenvalue weighted by molar-refractivity contribution is 5.68. The molecule has 1 unspecified atom stereocenters. The number of ether oxygens (including phenoxy) is 3. The number of nitrogens with zero attached hydrogens (tertiary/aromatic N) is 1. The first-order valence-corrected chi connectivity index (χ1v) is 12.1. The lowest BCUT2D eigenvalue weighted by atomic mass is 9.87. The van der Waals surface area contributed by atoms with Crippen molar-refractivity contribution in [1.82, 2.24) is 10.2 Å². The molecule has 1 fully saturated rings. The lowest BCUT2D eigenvalue weighted by Gasteiger charge is -2.24. The van der Waals surface area contributed by atoms with Gasteiger partial charge in [0, 0.05) is 24.6 Å². The first-order chi connectivity index (χ1) is 16.2. The van der Waals surface area contributed by atoms with Crippen molar-refractivity contribution >= 4 is 6.09 Å². The molecule has 1 N–H and O–H groups in total. The van der Waals surface area contributed by atoms with Crippen LogP contribution in [0.25, 0.3) is 0 Å². The molecule has 3 atom stereocenters. The van der Waals surface area contributed by atoms with Gasteiger partial charge in [-0.2, -0.15) is 0 Å². The van der Waals surface area contributed by atoms with Crippen LogP contribution in [0, 0.1) is 5.92 Å². The van der Waals surface area contributed by atoms with E-state index >= 15 is 0 Å². The van der Waals surface area contributed by atoms with Crippen LogP contribution in [0.1, 0.15) is 64.3 Å². The highest BCUT2D eigenvalue weighted by Crippen LogP contribution is 2.37. The number of benzene rings is 2. The predicted octanol–water partition coefficient (Wildman–Crippen LogP) is 5.98. The molecule has 2 heterocycles. The number of carbonyl (C=O) groups excluding carboxylic acids is 1. The maximum absolute atomic E-state index is 12.6. The summed E-state index contributed by atoms with van der Waals surface area (Å²) in [7, 11) is 0. The van der Waals surface area contributed by atoms with Crippen molar-refractivity contribution in [3.05, 3.63) is 77.2 Å². The first-order valence-electron chi connectivity index (χ1n) is 12.1. The number of carbonyl (C=O) groups is 1. The minimum absolute atomic E-state index is 0.186. The highest BCUT2D eigenvalue weighted by atomic mass is 16.6. The lowest BCUT2D eigenvalue weighted by molar-refractivity contribution is 0.0286. The van der Waals surface area contributed by atoms with Gasteiger partial charge in [0.05, 0.1) is 5.70 Å². The summed E-state index contributed by atoms with van der Waals surface area (Å²) in [6.45, 7) is 11.6. The Balaban J connectivity index is 1.39. The van der Waals surface area contributed by atoms with Crippen LogP contribution >= 0.6 is 0 Å². The van der Waals surface area contributed by atoms with Crippen LogP contribution in [-0.2, 0) is 9.47 Å². The predicted molar refractivity (Wildman–Crippen MR) is 132 cm³/mol. The molecule has 2 aromatic rings. The number of hydrogen-bond donors (Lipinski definition) is 1. The summed E-state index contributed by atoms with van der Waals surface area (Å²) in [6, 6.07) is 18.3. The SMILES string of the molecule is CC[C@H]1CN(C(=O)OC(C)(C)C)C[C@H]1c1cccc(OCC2=C(C)OC(c3ccccc3)N2)c1. The van der Waals surface area contributed by atoms with E-state index in [1.54, 1.807) is 0 Å². The normalized spacial score (nSPS) is 22.4. The Bertz CT molecular complexity index is 1030. The molecule has 6 heteroatoms. The number of likely N-dealkylation sites (tertiary alicyclic amines) is 1. The minimum Gasteiger partial charge on any atom is -0.487 e. The van der Waals surface area contributed by atoms with E-state index in [1.807, 2.05) is 75.1 Å². The molecule has 182 valence electrons. The Morgan fingerprint density at radius 2 is 1.82 bits per heavy atom. The van der Waals surface area contributed by atoms with Gasteiger partial charge in [0.25, 0.3) is 0 Å². The van der Waals surface area contributed by atoms with Gasteiger partial charge < -0.3 is 24.4 Å². The number of hydrogen-bond acceptors (Lipinski definition) is 5. The van der Waals surface area contributed by atoms with Crippen LogP contribution in [0.2, 0.25) is 0 Å². The summed E-state index contributed by atoms with van der Waals surface area (Å²) in [5.74, 6) is 2.31. The van der Waals surface area contributed by atoms with E-state index in [0.717, 1.165) is 35.7 Å². The minimum atomic E-state index is -0.491. The van der Waals surface area contributed by atoms with Crippen LogP contribution in [-0.4, -0.2) is 36.3 Å². The summed E-state index contributed by atoms with van der Waals surface area (Å²) in [5, 5.41) is 3.42. The fourth-order valence-corrected chi connectivity index (χ4v) is 4.59. The number of amides is 1. The second-order valence-corrected chi connectivity index (χ2v) is 10.1. The second kappa shape index (κ2) is 10.00. The van der Waals surface area contributed by atoms with Crippen molar-refractivity contribution in [2.45, 2.75) is 58.8 Å². The van der Waals surface area contributed by atoms with Gasteiger partial charge in [-0.05, 0) is 51.3 Å². The monoisotopic (exact) mass is 464 g/mol. The van der Waals surface area contributed by atoms with Crippen molar-refractivity contribution in [2.75, 3.05) is 19.7 Å². The Kier molecular flexibility index (Phi) is 7.05. The van der Waals surface area contributed by atoms with Crippen molar-refractivity contribution in [3.63, 3.8) is 0 Å². The fourth-order valence-electron chi connectivity index (χ4n) is 4.59. The smallest absolute Gasteiger partial charge is 0.410 e. The molecule has 0 spiro atoms. The van der Waals surface area contributed by atoms with E-state index in [-0.39, 0.29) is 18.2 Å². The molecular formula is C28H36N2O4. The summed E-state index contributed by atoms with van der Waals surface area (Å²) in [6.07, 6.45) is 0.584. The molecule has 2 aliphatic rings. The van der Waals surface area contributed by atoms with Crippen LogP contribution < -0.4 is 10.1 Å². The molecule has 34 heavy (non-hydrogen) atoms. The van der Waals surface area contributed by atoms with E-state index in [4.69, 9.17) is 14.2 Å². The van der Waals surface area contributed by atoms with E-state index in [9.17, 15) is 4.79 Å². The average molecular weight is 465 g/mol. The van der Waals surface area contributed by atoms with Gasteiger partial charge in [-0.1, -0.05) is 55.8 Å². The Hall–Kier alpha value is -3.15. The fraction of sp³-hybridized carbons (Fsp3) is 0.464. The van der Waals surface area contributed by atoms with Crippen molar-refractivity contribution in [3.8, 4) is 5.75 Å². The summed E-state index contributed by atoms with van der Waals surface area (Å²) >= 11 is 0. The molecule has 0 radical (unpaired) electrons. The second-order valence-electron chi connectivity index (χ2n) is 10.1. The average Bonchev–Trinajstić information content (AvgIpc) is 3.41. The molecule has 0 aromatic heterocycles. The topological polar surface area (TPSA) is 60.0 Å². The largest absolute Gasteiger partial charge is 0.487 e. The quantitative estimate of drug-likeness (QED) is 0.570. The molecule has 1 amide bonds. The Morgan fingerprint density at radius 1 is 1.09 bits per heavy atom. The number of nitrogens with one attached hydrogen (secondary N) is 1. The van der Waals surface area contributed by atoms with Gasteiger partial charge in [0.1, 0.15) is 23.7 Å². The van der Waals surface area contributed by atoms with Gasteiger partial charge in [-0.15, -0.1) is 0 Å². The summed E-state index contributed by atoms with van der Waals surface area (Å²) < 4.78 is 17.7. The van der Waals surface area contributed by atoms with E-state index in [0.29, 0.717) is 19.1 Å². The van der Waals surface area contributed by atoms with Crippen LogP contribution in [0.3, 0.4) is 0 Å². The summed E-state index contributed by atoms with van der Waals surface area (Å²) in [4.78, 5) is 14.5.